The van der Waals surface area contributed by atoms with E-state index in [1.54, 1.807) is 25.1 Å². The summed E-state index contributed by atoms with van der Waals surface area (Å²) < 4.78 is 6.13. The fraction of sp³-hybridized carbons (Fsp3) is 0.154. The molecule has 106 valence electrons. The molecule has 0 bridgehead atoms. The van der Waals surface area contributed by atoms with Crippen molar-refractivity contribution in [1.82, 2.24) is 14.9 Å². The first kappa shape index (κ1) is 13.0. The van der Waals surface area contributed by atoms with Crippen LogP contribution in [0.15, 0.2) is 33.6 Å². The van der Waals surface area contributed by atoms with E-state index in [-0.39, 0.29) is 11.2 Å². The quantitative estimate of drug-likeness (QED) is 0.525. The molecule has 3 aromatic rings. The molecule has 0 radical (unpaired) electrons. The number of para-hydroxylation sites is 1. The summed E-state index contributed by atoms with van der Waals surface area (Å²) in [6, 6.07) is 6.21. The molecule has 1 aromatic carbocycles. The minimum Gasteiger partial charge on any atom is -0.360 e. The first-order valence-electron chi connectivity index (χ1n) is 6.07. The van der Waals surface area contributed by atoms with Crippen LogP contribution >= 0.6 is 0 Å². The van der Waals surface area contributed by atoms with Gasteiger partial charge in [0.25, 0.3) is 11.2 Å². The Morgan fingerprint density at radius 3 is 2.76 bits per heavy atom. The Bertz CT molecular complexity index is 926. The predicted molar refractivity (Wildman–Crippen MR) is 73.9 cm³/mol. The Morgan fingerprint density at radius 1 is 1.33 bits per heavy atom. The molecular weight excluding hydrogens is 276 g/mol. The van der Waals surface area contributed by atoms with Gasteiger partial charge in [-0.1, -0.05) is 17.3 Å². The van der Waals surface area contributed by atoms with Gasteiger partial charge < -0.3 is 4.52 Å². The van der Waals surface area contributed by atoms with Gasteiger partial charge in [0.15, 0.2) is 5.52 Å². The van der Waals surface area contributed by atoms with Crippen LogP contribution in [0.4, 0.5) is 5.69 Å². The van der Waals surface area contributed by atoms with E-state index in [9.17, 15) is 14.9 Å². The van der Waals surface area contributed by atoms with Gasteiger partial charge >= 0.3 is 0 Å². The van der Waals surface area contributed by atoms with Gasteiger partial charge in [0, 0.05) is 13.1 Å². The summed E-state index contributed by atoms with van der Waals surface area (Å²) in [6.45, 7) is 1.63. The molecule has 0 saturated carbocycles. The van der Waals surface area contributed by atoms with Crippen molar-refractivity contribution in [3.05, 3.63) is 50.5 Å². The molecule has 0 saturated heterocycles. The third-order valence-corrected chi connectivity index (χ3v) is 3.20. The molecule has 3 rings (SSSR count). The van der Waals surface area contributed by atoms with Crippen LogP contribution in [-0.2, 0) is 7.05 Å². The van der Waals surface area contributed by atoms with Crippen LogP contribution in [0.3, 0.4) is 0 Å². The summed E-state index contributed by atoms with van der Waals surface area (Å²) in [5.74, 6) is 0.392. The van der Waals surface area contributed by atoms with E-state index in [0.29, 0.717) is 22.4 Å². The van der Waals surface area contributed by atoms with Crippen LogP contribution in [0.5, 0.6) is 0 Å². The highest BCUT2D eigenvalue weighted by molar-refractivity contribution is 5.95. The zero-order valence-corrected chi connectivity index (χ0v) is 11.2. The van der Waals surface area contributed by atoms with Crippen molar-refractivity contribution >= 4 is 16.6 Å². The molecule has 0 aliphatic heterocycles. The second kappa shape index (κ2) is 4.51. The largest absolute Gasteiger partial charge is 0.360 e. The highest BCUT2D eigenvalue weighted by Crippen LogP contribution is 2.33. The van der Waals surface area contributed by atoms with Gasteiger partial charge in [0.2, 0.25) is 0 Å². The Kier molecular flexibility index (Phi) is 2.79. The molecule has 0 aliphatic rings. The smallest absolute Gasteiger partial charge is 0.296 e. The third-order valence-electron chi connectivity index (χ3n) is 3.20. The van der Waals surface area contributed by atoms with E-state index >= 15 is 0 Å². The van der Waals surface area contributed by atoms with Gasteiger partial charge in [-0.05, 0) is 13.0 Å². The molecule has 8 nitrogen and oxygen atoms in total. The van der Waals surface area contributed by atoms with Crippen LogP contribution in [0, 0.1) is 17.0 Å². The van der Waals surface area contributed by atoms with Crippen LogP contribution in [0.25, 0.3) is 22.2 Å². The molecule has 0 aliphatic carbocycles. The number of benzene rings is 1. The fourth-order valence-electron chi connectivity index (χ4n) is 2.22. The monoisotopic (exact) mass is 286 g/mol. The van der Waals surface area contributed by atoms with Crippen LogP contribution in [-0.4, -0.2) is 19.9 Å². The number of hydrogen-bond donors (Lipinski definition) is 0. The van der Waals surface area contributed by atoms with Gasteiger partial charge in [-0.25, -0.2) is 4.68 Å². The predicted octanol–water partition coefficient (Wildman–Crippen LogP) is 1.81. The maximum atomic E-state index is 12.0. The fourth-order valence-corrected chi connectivity index (χ4v) is 2.22. The van der Waals surface area contributed by atoms with E-state index in [1.165, 1.54) is 13.1 Å². The zero-order chi connectivity index (χ0) is 15.1. The molecule has 0 fully saturated rings. The molecular formula is C13H10N4O4. The Balaban J connectivity index is 2.47. The van der Waals surface area contributed by atoms with E-state index in [1.807, 2.05) is 0 Å². The molecule has 21 heavy (non-hydrogen) atoms. The molecule has 8 heteroatoms. The summed E-state index contributed by atoms with van der Waals surface area (Å²) >= 11 is 0. The minimum absolute atomic E-state index is 0.0921. The second-order valence-electron chi connectivity index (χ2n) is 4.51. The number of aryl methyl sites for hydroxylation is 2. The standard InChI is InChI=1S/C13H10N4O4/c1-7-10-11(8-5-3-4-6-9(8)17(19)20)14-16(2)13(18)12(10)15-21-7/h3-6H,1-2H3. The van der Waals surface area contributed by atoms with E-state index < -0.39 is 10.5 Å². The van der Waals surface area contributed by atoms with Crippen molar-refractivity contribution in [2.24, 2.45) is 7.05 Å². The van der Waals surface area contributed by atoms with E-state index in [2.05, 4.69) is 10.3 Å². The van der Waals surface area contributed by atoms with Crippen molar-refractivity contribution in [2.45, 2.75) is 6.92 Å². The van der Waals surface area contributed by atoms with Gasteiger partial charge in [-0.15, -0.1) is 0 Å². The Hall–Kier alpha value is -3.03. The third kappa shape index (κ3) is 1.88. The number of fused-ring (bicyclic) bond motifs is 1. The topological polar surface area (TPSA) is 104 Å². The lowest BCUT2D eigenvalue weighted by atomic mass is 10.1. The average molecular weight is 286 g/mol. The molecule has 0 spiro atoms. The van der Waals surface area contributed by atoms with Crippen LogP contribution in [0.2, 0.25) is 0 Å². The Labute approximate surface area is 117 Å². The lowest BCUT2D eigenvalue weighted by Crippen LogP contribution is -2.20. The summed E-state index contributed by atoms with van der Waals surface area (Å²) in [5.41, 5.74) is 0.223. The lowest BCUT2D eigenvalue weighted by Gasteiger charge is -2.05. The highest BCUT2D eigenvalue weighted by Gasteiger charge is 2.23. The minimum atomic E-state index is -0.489. The summed E-state index contributed by atoms with van der Waals surface area (Å²) in [7, 11) is 1.46. The average Bonchev–Trinajstić information content (AvgIpc) is 2.85. The molecule has 0 atom stereocenters. The van der Waals surface area contributed by atoms with E-state index in [0.717, 1.165) is 4.68 Å². The maximum Gasteiger partial charge on any atom is 0.296 e. The SMILES string of the molecule is Cc1onc2c(=O)n(C)nc(-c3ccccc3[N+](=O)[O-])c12. The normalized spacial score (nSPS) is 11.0. The van der Waals surface area contributed by atoms with E-state index in [4.69, 9.17) is 4.52 Å². The summed E-state index contributed by atoms with van der Waals surface area (Å²) in [6.07, 6.45) is 0. The van der Waals surface area contributed by atoms with Gasteiger partial charge in [0.1, 0.15) is 11.5 Å². The second-order valence-corrected chi connectivity index (χ2v) is 4.51. The summed E-state index contributed by atoms with van der Waals surface area (Å²) in [5, 5.41) is 19.4. The molecule has 0 N–H and O–H groups in total. The van der Waals surface area contributed by atoms with Crippen LogP contribution < -0.4 is 5.56 Å². The summed E-state index contributed by atoms with van der Waals surface area (Å²) in [4.78, 5) is 22.7. The molecule has 0 amide bonds. The van der Waals surface area contributed by atoms with Gasteiger partial charge in [0.05, 0.1) is 15.9 Å². The number of rotatable bonds is 2. The number of nitrogens with zero attached hydrogens (tertiary/aromatic N) is 4. The highest BCUT2D eigenvalue weighted by atomic mass is 16.6. The maximum absolute atomic E-state index is 12.0. The number of nitro groups is 1. The van der Waals surface area contributed by atoms with Crippen LogP contribution in [0.1, 0.15) is 5.76 Å². The zero-order valence-electron chi connectivity index (χ0n) is 11.2. The number of aromatic nitrogens is 3. The van der Waals surface area contributed by atoms with Crippen molar-refractivity contribution in [1.29, 1.82) is 0 Å². The first-order valence-corrected chi connectivity index (χ1v) is 6.07. The number of hydrogen-bond acceptors (Lipinski definition) is 6. The Morgan fingerprint density at radius 2 is 2.05 bits per heavy atom. The van der Waals surface area contributed by atoms with Crippen molar-refractivity contribution in [3.63, 3.8) is 0 Å². The van der Waals surface area contributed by atoms with Crippen molar-refractivity contribution in [2.75, 3.05) is 0 Å². The first-order chi connectivity index (χ1) is 10.0. The van der Waals surface area contributed by atoms with Crippen molar-refractivity contribution in [3.8, 4) is 11.3 Å². The lowest BCUT2D eigenvalue weighted by molar-refractivity contribution is -0.384. The van der Waals surface area contributed by atoms with Gasteiger partial charge in [-0.3, -0.25) is 14.9 Å². The molecule has 0 unspecified atom stereocenters. The van der Waals surface area contributed by atoms with Crippen molar-refractivity contribution < 1.29 is 9.45 Å². The molecule has 2 aromatic heterocycles. The molecule has 2 heterocycles. The van der Waals surface area contributed by atoms with Gasteiger partial charge in [-0.2, -0.15) is 5.10 Å². The number of nitro benzene ring substituents is 1.